The minimum absolute atomic E-state index is 0.203. The van der Waals surface area contributed by atoms with Crippen molar-refractivity contribution < 1.29 is 8.42 Å². The van der Waals surface area contributed by atoms with Crippen LogP contribution in [-0.2, 0) is 10.0 Å². The van der Waals surface area contributed by atoms with E-state index in [-0.39, 0.29) is 4.90 Å². The van der Waals surface area contributed by atoms with Crippen LogP contribution in [0.5, 0.6) is 0 Å². The molecule has 0 bridgehead atoms. The summed E-state index contributed by atoms with van der Waals surface area (Å²) in [6.07, 6.45) is 7.45. The van der Waals surface area contributed by atoms with Gasteiger partial charge in [-0.2, -0.15) is 5.10 Å². The lowest BCUT2D eigenvalue weighted by Gasteiger charge is -2.30. The SMILES string of the molecule is O=S(=O)(NCC1CCCCC1CBr)c1cn[nH]c1. The van der Waals surface area contributed by atoms with Gasteiger partial charge in [0.15, 0.2) is 0 Å². The lowest BCUT2D eigenvalue weighted by molar-refractivity contribution is 0.263. The minimum Gasteiger partial charge on any atom is -0.284 e. The van der Waals surface area contributed by atoms with E-state index >= 15 is 0 Å². The van der Waals surface area contributed by atoms with Gasteiger partial charge in [-0.25, -0.2) is 13.1 Å². The zero-order chi connectivity index (χ0) is 13.0. The molecule has 2 atom stereocenters. The van der Waals surface area contributed by atoms with Crippen molar-refractivity contribution in [3.8, 4) is 0 Å². The van der Waals surface area contributed by atoms with Crippen LogP contribution in [0.25, 0.3) is 0 Å². The Morgan fingerprint density at radius 3 is 2.72 bits per heavy atom. The Labute approximate surface area is 116 Å². The van der Waals surface area contributed by atoms with Crippen molar-refractivity contribution in [3.05, 3.63) is 12.4 Å². The van der Waals surface area contributed by atoms with Crippen LogP contribution in [0.3, 0.4) is 0 Å². The maximum absolute atomic E-state index is 11.9. The molecule has 0 aliphatic heterocycles. The van der Waals surface area contributed by atoms with E-state index in [2.05, 4.69) is 30.8 Å². The van der Waals surface area contributed by atoms with Crippen LogP contribution in [0.15, 0.2) is 17.3 Å². The Hall–Kier alpha value is -0.400. The molecule has 1 saturated carbocycles. The smallest absolute Gasteiger partial charge is 0.243 e. The summed E-state index contributed by atoms with van der Waals surface area (Å²) in [5, 5.41) is 7.13. The van der Waals surface area contributed by atoms with Crippen molar-refractivity contribution in [2.75, 3.05) is 11.9 Å². The first kappa shape index (κ1) is 14.0. The van der Waals surface area contributed by atoms with Gasteiger partial charge in [-0.3, -0.25) is 5.10 Å². The molecule has 1 aliphatic rings. The Kier molecular flexibility index (Phi) is 4.80. The van der Waals surface area contributed by atoms with Crippen molar-refractivity contribution in [1.82, 2.24) is 14.9 Å². The fraction of sp³-hybridized carbons (Fsp3) is 0.727. The first-order valence-electron chi connectivity index (χ1n) is 6.18. The molecular formula is C11H18BrN3O2S. The zero-order valence-corrected chi connectivity index (χ0v) is 12.5. The van der Waals surface area contributed by atoms with Gasteiger partial charge < -0.3 is 0 Å². The third-order valence-electron chi connectivity index (χ3n) is 3.58. The molecule has 18 heavy (non-hydrogen) atoms. The highest BCUT2D eigenvalue weighted by molar-refractivity contribution is 9.09. The van der Waals surface area contributed by atoms with Gasteiger partial charge in [0.2, 0.25) is 10.0 Å². The molecule has 1 heterocycles. The summed E-state index contributed by atoms with van der Waals surface area (Å²) in [5.74, 6) is 1.01. The molecule has 0 amide bonds. The monoisotopic (exact) mass is 335 g/mol. The summed E-state index contributed by atoms with van der Waals surface area (Å²) in [7, 11) is -3.41. The summed E-state index contributed by atoms with van der Waals surface area (Å²) < 4.78 is 26.6. The number of hydrogen-bond acceptors (Lipinski definition) is 3. The Morgan fingerprint density at radius 1 is 1.39 bits per heavy atom. The molecule has 0 saturated heterocycles. The third-order valence-corrected chi connectivity index (χ3v) is 5.81. The van der Waals surface area contributed by atoms with Crippen LogP contribution in [0.1, 0.15) is 25.7 Å². The van der Waals surface area contributed by atoms with Crippen LogP contribution in [0.4, 0.5) is 0 Å². The molecule has 1 aliphatic carbocycles. The second-order valence-corrected chi connectivity index (χ2v) is 7.16. The van der Waals surface area contributed by atoms with Gasteiger partial charge in [0, 0.05) is 18.1 Å². The molecule has 2 rings (SSSR count). The fourth-order valence-corrected chi connectivity index (χ4v) is 4.29. The number of aromatic nitrogens is 2. The number of nitrogens with one attached hydrogen (secondary N) is 2. The Bertz CT molecular complexity index is 461. The van der Waals surface area contributed by atoms with E-state index in [0.29, 0.717) is 18.4 Å². The molecule has 2 N–H and O–H groups in total. The normalized spacial score (nSPS) is 25.2. The first-order valence-corrected chi connectivity index (χ1v) is 8.78. The van der Waals surface area contributed by atoms with E-state index in [9.17, 15) is 8.42 Å². The Balaban J connectivity index is 1.94. The molecule has 7 heteroatoms. The van der Waals surface area contributed by atoms with Crippen LogP contribution < -0.4 is 4.72 Å². The quantitative estimate of drug-likeness (QED) is 0.807. The van der Waals surface area contributed by atoms with E-state index in [1.807, 2.05) is 0 Å². The lowest BCUT2D eigenvalue weighted by atomic mass is 9.80. The summed E-state index contributed by atoms with van der Waals surface area (Å²) in [6.45, 7) is 0.518. The zero-order valence-electron chi connectivity index (χ0n) is 10.1. The fourth-order valence-electron chi connectivity index (χ4n) is 2.44. The Morgan fingerprint density at radius 2 is 2.11 bits per heavy atom. The molecule has 2 unspecified atom stereocenters. The van der Waals surface area contributed by atoms with Gasteiger partial charge in [0.05, 0.1) is 6.20 Å². The molecule has 5 nitrogen and oxygen atoms in total. The van der Waals surface area contributed by atoms with Crippen molar-refractivity contribution in [2.24, 2.45) is 11.8 Å². The molecule has 0 radical (unpaired) electrons. The molecule has 1 aromatic rings. The first-order chi connectivity index (χ1) is 8.63. The van der Waals surface area contributed by atoms with E-state index in [1.165, 1.54) is 31.7 Å². The number of halogens is 1. The predicted molar refractivity (Wildman–Crippen MR) is 73.0 cm³/mol. The predicted octanol–water partition coefficient (Wildman–Crippen LogP) is 1.89. The van der Waals surface area contributed by atoms with Crippen LogP contribution >= 0.6 is 15.9 Å². The lowest BCUT2D eigenvalue weighted by Crippen LogP contribution is -2.34. The van der Waals surface area contributed by atoms with Crippen molar-refractivity contribution >= 4 is 26.0 Å². The minimum atomic E-state index is -3.41. The maximum atomic E-state index is 11.9. The van der Waals surface area contributed by atoms with Crippen molar-refractivity contribution in [2.45, 2.75) is 30.6 Å². The molecule has 0 aromatic carbocycles. The largest absolute Gasteiger partial charge is 0.284 e. The number of aromatic amines is 1. The van der Waals surface area contributed by atoms with E-state index in [4.69, 9.17) is 0 Å². The number of hydrogen-bond donors (Lipinski definition) is 2. The molecule has 1 fully saturated rings. The van der Waals surface area contributed by atoms with Gasteiger partial charge in [0.1, 0.15) is 4.90 Å². The average molecular weight is 336 g/mol. The highest BCUT2D eigenvalue weighted by Gasteiger charge is 2.26. The number of H-pyrrole nitrogens is 1. The molecular weight excluding hydrogens is 318 g/mol. The van der Waals surface area contributed by atoms with E-state index in [0.717, 1.165) is 11.8 Å². The van der Waals surface area contributed by atoms with Gasteiger partial charge >= 0.3 is 0 Å². The highest BCUT2D eigenvalue weighted by atomic mass is 79.9. The second-order valence-electron chi connectivity index (χ2n) is 4.74. The standard InChI is InChI=1S/C11H18BrN3O2S/c12-5-9-3-1-2-4-10(9)6-15-18(16,17)11-7-13-14-8-11/h7-10,15H,1-6H2,(H,13,14). The third kappa shape index (κ3) is 3.33. The number of rotatable bonds is 5. The molecule has 0 spiro atoms. The average Bonchev–Trinajstić information content (AvgIpc) is 2.91. The van der Waals surface area contributed by atoms with Crippen LogP contribution in [0.2, 0.25) is 0 Å². The number of alkyl halides is 1. The highest BCUT2D eigenvalue weighted by Crippen LogP contribution is 2.31. The van der Waals surface area contributed by atoms with E-state index in [1.54, 1.807) is 0 Å². The number of nitrogens with zero attached hydrogens (tertiary/aromatic N) is 1. The van der Waals surface area contributed by atoms with Crippen LogP contribution in [-0.4, -0.2) is 30.5 Å². The molecule has 1 aromatic heterocycles. The number of sulfonamides is 1. The molecule has 102 valence electrons. The van der Waals surface area contributed by atoms with Gasteiger partial charge in [-0.15, -0.1) is 0 Å². The van der Waals surface area contributed by atoms with Gasteiger partial charge in [-0.1, -0.05) is 28.8 Å². The van der Waals surface area contributed by atoms with Gasteiger partial charge in [-0.05, 0) is 24.7 Å². The van der Waals surface area contributed by atoms with Crippen LogP contribution in [0, 0.1) is 11.8 Å². The summed E-state index contributed by atoms with van der Waals surface area (Å²) >= 11 is 3.52. The second kappa shape index (κ2) is 6.16. The van der Waals surface area contributed by atoms with Gasteiger partial charge in [0.25, 0.3) is 0 Å². The topological polar surface area (TPSA) is 74.8 Å². The van der Waals surface area contributed by atoms with E-state index < -0.39 is 10.0 Å². The summed E-state index contributed by atoms with van der Waals surface area (Å²) in [5.41, 5.74) is 0. The summed E-state index contributed by atoms with van der Waals surface area (Å²) in [4.78, 5) is 0.203. The van der Waals surface area contributed by atoms with Crippen molar-refractivity contribution in [3.63, 3.8) is 0 Å². The maximum Gasteiger partial charge on any atom is 0.243 e. The summed E-state index contributed by atoms with van der Waals surface area (Å²) in [6, 6.07) is 0. The van der Waals surface area contributed by atoms with Crippen molar-refractivity contribution in [1.29, 1.82) is 0 Å².